The van der Waals surface area contributed by atoms with Gasteiger partial charge in [-0.3, -0.25) is 0 Å². The first-order valence-electron chi connectivity index (χ1n) is 6.74. The van der Waals surface area contributed by atoms with Crippen molar-refractivity contribution in [1.29, 1.82) is 0 Å². The van der Waals surface area contributed by atoms with Crippen molar-refractivity contribution in [2.45, 2.75) is 40.5 Å². The van der Waals surface area contributed by atoms with Crippen LogP contribution < -0.4 is 9.88 Å². The minimum Gasteiger partial charge on any atom is -0.493 e. The Hall–Kier alpha value is -1.07. The van der Waals surface area contributed by atoms with Gasteiger partial charge in [0.2, 0.25) is 10.0 Å². The maximum absolute atomic E-state index is 11.2. The molecular weight excluding hydrogens is 274 g/mol. The van der Waals surface area contributed by atoms with Gasteiger partial charge in [-0.25, -0.2) is 13.6 Å². The zero-order chi connectivity index (χ0) is 15.6. The van der Waals surface area contributed by atoms with Crippen molar-refractivity contribution in [2.75, 3.05) is 12.4 Å². The average Bonchev–Trinajstić information content (AvgIpc) is 2.24. The van der Waals surface area contributed by atoms with Crippen molar-refractivity contribution in [1.82, 2.24) is 0 Å². The number of aryl methyl sites for hydroxylation is 1. The molecule has 20 heavy (non-hydrogen) atoms. The van der Waals surface area contributed by atoms with E-state index in [0.29, 0.717) is 12.5 Å². The van der Waals surface area contributed by atoms with Gasteiger partial charge in [-0.15, -0.1) is 0 Å². The molecule has 0 spiro atoms. The lowest BCUT2D eigenvalue weighted by molar-refractivity contribution is 0.198. The van der Waals surface area contributed by atoms with Gasteiger partial charge in [0.1, 0.15) is 5.75 Å². The Bertz CT molecular complexity index is 562. The van der Waals surface area contributed by atoms with E-state index in [2.05, 4.69) is 19.9 Å². The molecule has 0 atom stereocenters. The lowest BCUT2D eigenvalue weighted by atomic mass is 9.98. The number of benzene rings is 1. The number of rotatable bonds is 6. The van der Waals surface area contributed by atoms with E-state index >= 15 is 0 Å². The van der Waals surface area contributed by atoms with Crippen molar-refractivity contribution in [3.63, 3.8) is 0 Å². The van der Waals surface area contributed by atoms with Crippen molar-refractivity contribution >= 4 is 10.0 Å². The van der Waals surface area contributed by atoms with Crippen molar-refractivity contribution in [3.05, 3.63) is 29.3 Å². The minimum atomic E-state index is -3.50. The second-order valence-corrected chi connectivity index (χ2v) is 8.05. The van der Waals surface area contributed by atoms with Crippen LogP contribution in [0.25, 0.3) is 0 Å². The molecule has 0 aliphatic heterocycles. The third-order valence-corrected chi connectivity index (χ3v) is 4.27. The highest BCUT2D eigenvalue weighted by atomic mass is 32.2. The molecule has 1 aromatic carbocycles. The van der Waals surface area contributed by atoms with Crippen LogP contribution in [0.4, 0.5) is 0 Å². The Balaban J connectivity index is 2.81. The highest BCUT2D eigenvalue weighted by Gasteiger charge is 2.25. The predicted molar refractivity (Wildman–Crippen MR) is 82.5 cm³/mol. The number of primary sulfonamides is 1. The second kappa shape index (κ2) is 6.14. The van der Waals surface area contributed by atoms with Crippen LogP contribution in [0.5, 0.6) is 5.75 Å². The number of nitrogens with two attached hydrogens (primary N) is 1. The maximum atomic E-state index is 11.2. The molecule has 1 rings (SSSR count). The number of hydrogen-bond donors (Lipinski definition) is 1. The van der Waals surface area contributed by atoms with Gasteiger partial charge >= 0.3 is 0 Å². The van der Waals surface area contributed by atoms with Gasteiger partial charge in [-0.2, -0.15) is 0 Å². The standard InChI is InChI=1S/C15H25NO3S/c1-11(2)13-7-6-12(3)14(8-13)19-9-15(4,5)10-20(16,17)18/h6-8,11H,9-10H2,1-5H3,(H2,16,17,18). The van der Waals surface area contributed by atoms with Crippen LogP contribution >= 0.6 is 0 Å². The van der Waals surface area contributed by atoms with Crippen molar-refractivity contribution in [2.24, 2.45) is 10.6 Å². The van der Waals surface area contributed by atoms with Gasteiger partial charge in [-0.1, -0.05) is 39.8 Å². The SMILES string of the molecule is Cc1ccc(C(C)C)cc1OCC(C)(C)CS(N)(=O)=O. The Kier molecular flexibility index (Phi) is 5.21. The number of ether oxygens (including phenoxy) is 1. The quantitative estimate of drug-likeness (QED) is 0.878. The Morgan fingerprint density at radius 2 is 1.90 bits per heavy atom. The highest BCUT2D eigenvalue weighted by Crippen LogP contribution is 2.26. The molecule has 2 N–H and O–H groups in total. The van der Waals surface area contributed by atoms with E-state index in [1.54, 1.807) is 0 Å². The van der Waals surface area contributed by atoms with Gasteiger partial charge < -0.3 is 4.74 Å². The topological polar surface area (TPSA) is 69.4 Å². The maximum Gasteiger partial charge on any atom is 0.209 e. The zero-order valence-electron chi connectivity index (χ0n) is 12.9. The Morgan fingerprint density at radius 3 is 2.40 bits per heavy atom. The van der Waals surface area contributed by atoms with Crippen molar-refractivity contribution in [3.8, 4) is 5.75 Å². The largest absolute Gasteiger partial charge is 0.493 e. The lowest BCUT2D eigenvalue weighted by Crippen LogP contribution is -2.33. The molecule has 0 unspecified atom stereocenters. The fourth-order valence-corrected chi connectivity index (χ4v) is 3.16. The monoisotopic (exact) mass is 299 g/mol. The summed E-state index contributed by atoms with van der Waals surface area (Å²) in [5.41, 5.74) is 1.73. The third kappa shape index (κ3) is 5.51. The highest BCUT2D eigenvalue weighted by molar-refractivity contribution is 7.89. The summed E-state index contributed by atoms with van der Waals surface area (Å²) in [6.45, 7) is 10.2. The molecule has 1 aromatic rings. The summed E-state index contributed by atoms with van der Waals surface area (Å²) in [6, 6.07) is 6.13. The molecule has 114 valence electrons. The van der Waals surface area contributed by atoms with Gasteiger partial charge in [0.25, 0.3) is 0 Å². The normalized spacial score (nSPS) is 12.8. The number of hydrogen-bond acceptors (Lipinski definition) is 3. The lowest BCUT2D eigenvalue weighted by Gasteiger charge is -2.24. The van der Waals surface area contributed by atoms with Crippen LogP contribution in [0.15, 0.2) is 18.2 Å². The molecule has 0 amide bonds. The Morgan fingerprint density at radius 1 is 1.30 bits per heavy atom. The summed E-state index contributed by atoms with van der Waals surface area (Å²) < 4.78 is 28.2. The van der Waals surface area contributed by atoms with Crippen LogP contribution in [0.2, 0.25) is 0 Å². The van der Waals surface area contributed by atoms with Gasteiger partial charge in [0.15, 0.2) is 0 Å². The molecule has 5 heteroatoms. The van der Waals surface area contributed by atoms with Crippen molar-refractivity contribution < 1.29 is 13.2 Å². The molecule has 4 nitrogen and oxygen atoms in total. The predicted octanol–water partition coefficient (Wildman–Crippen LogP) is 2.81. The number of sulfonamides is 1. The third-order valence-electron chi connectivity index (χ3n) is 3.09. The summed E-state index contributed by atoms with van der Waals surface area (Å²) in [4.78, 5) is 0. The van der Waals surface area contributed by atoms with Crippen LogP contribution in [-0.2, 0) is 10.0 Å². The molecule has 0 aliphatic carbocycles. The van der Waals surface area contributed by atoms with E-state index in [-0.39, 0.29) is 5.75 Å². The van der Waals surface area contributed by atoms with Gasteiger partial charge in [0, 0.05) is 5.41 Å². The molecule has 0 heterocycles. The molecular formula is C15H25NO3S. The van der Waals surface area contributed by atoms with Gasteiger partial charge in [-0.05, 0) is 30.0 Å². The summed E-state index contributed by atoms with van der Waals surface area (Å²) in [5, 5.41) is 5.10. The molecule has 0 aliphatic rings. The van der Waals surface area contributed by atoms with E-state index in [1.807, 2.05) is 32.9 Å². The molecule has 0 saturated heterocycles. The summed E-state index contributed by atoms with van der Waals surface area (Å²) >= 11 is 0. The average molecular weight is 299 g/mol. The summed E-state index contributed by atoms with van der Waals surface area (Å²) in [6.07, 6.45) is 0. The Labute approximate surface area is 122 Å². The molecule has 0 radical (unpaired) electrons. The smallest absolute Gasteiger partial charge is 0.209 e. The first-order chi connectivity index (χ1) is 9.00. The first kappa shape index (κ1) is 17.0. The van der Waals surface area contributed by atoms with E-state index in [1.165, 1.54) is 5.56 Å². The summed E-state index contributed by atoms with van der Waals surface area (Å²) in [5.74, 6) is 1.14. The molecule has 0 aromatic heterocycles. The van der Waals surface area contributed by atoms with Crippen LogP contribution in [0, 0.1) is 12.3 Å². The van der Waals surface area contributed by atoms with E-state index in [0.717, 1.165) is 11.3 Å². The first-order valence-corrected chi connectivity index (χ1v) is 8.45. The summed E-state index contributed by atoms with van der Waals surface area (Å²) in [7, 11) is -3.50. The van der Waals surface area contributed by atoms with Crippen LogP contribution in [-0.4, -0.2) is 20.8 Å². The second-order valence-electron chi connectivity index (χ2n) is 6.44. The van der Waals surface area contributed by atoms with E-state index in [4.69, 9.17) is 9.88 Å². The zero-order valence-corrected chi connectivity index (χ0v) is 13.8. The van der Waals surface area contributed by atoms with E-state index in [9.17, 15) is 8.42 Å². The minimum absolute atomic E-state index is 0.0943. The molecule has 0 bridgehead atoms. The van der Waals surface area contributed by atoms with Crippen LogP contribution in [0.1, 0.15) is 44.7 Å². The molecule has 0 fully saturated rings. The van der Waals surface area contributed by atoms with Crippen LogP contribution in [0.3, 0.4) is 0 Å². The fraction of sp³-hybridized carbons (Fsp3) is 0.600. The molecule has 0 saturated carbocycles. The van der Waals surface area contributed by atoms with E-state index < -0.39 is 15.4 Å². The van der Waals surface area contributed by atoms with Gasteiger partial charge in [0.05, 0.1) is 12.4 Å². The fourth-order valence-electron chi connectivity index (χ4n) is 1.99.